The van der Waals surface area contributed by atoms with Crippen molar-refractivity contribution in [3.05, 3.63) is 40.6 Å². The van der Waals surface area contributed by atoms with Gasteiger partial charge in [-0.3, -0.25) is 4.79 Å². The van der Waals surface area contributed by atoms with Crippen molar-refractivity contribution in [3.8, 4) is 5.75 Å². The highest BCUT2D eigenvalue weighted by molar-refractivity contribution is 6.01. The highest BCUT2D eigenvalue weighted by Gasteiger charge is 2.17. The Morgan fingerprint density at radius 1 is 1.27 bits per heavy atom. The van der Waals surface area contributed by atoms with Crippen LogP contribution < -0.4 is 10.1 Å². The Morgan fingerprint density at radius 3 is 2.42 bits per heavy atom. The van der Waals surface area contributed by atoms with Crippen LogP contribution in [0, 0.1) is 19.3 Å². The van der Waals surface area contributed by atoms with Crippen LogP contribution >= 0.6 is 0 Å². The van der Waals surface area contributed by atoms with Crippen LogP contribution in [0.5, 0.6) is 5.75 Å². The third-order valence-corrected chi connectivity index (χ3v) is 4.54. The zero-order chi connectivity index (χ0) is 19.7. The zero-order valence-electron chi connectivity index (χ0n) is 17.0. The standard InChI is InChI=1S/C19H27N3O2.C2H6/c1-13-7-8-18(24-4)14(2)16(13)12-21-19(23)11-17(15(3)20)22-9-5-6-10-22;1-2/h7-8,11,20H,5-6,9-10,12H2,1-4H3,(H,21,23);1-2H3/b17-11+,20-15?;. The predicted octanol–water partition coefficient (Wildman–Crippen LogP) is 3.97. The van der Waals surface area contributed by atoms with E-state index in [0.29, 0.717) is 12.3 Å². The number of amides is 1. The summed E-state index contributed by atoms with van der Waals surface area (Å²) in [6, 6.07) is 3.94. The molecule has 1 heterocycles. The molecule has 1 aromatic rings. The third-order valence-electron chi connectivity index (χ3n) is 4.54. The molecule has 1 aliphatic rings. The van der Waals surface area contributed by atoms with Gasteiger partial charge in [0.2, 0.25) is 5.91 Å². The molecule has 0 aromatic heterocycles. The van der Waals surface area contributed by atoms with Crippen molar-refractivity contribution < 1.29 is 9.53 Å². The van der Waals surface area contributed by atoms with Crippen molar-refractivity contribution >= 4 is 11.6 Å². The number of ether oxygens (including phenoxy) is 1. The highest BCUT2D eigenvalue weighted by atomic mass is 16.5. The number of nitrogens with one attached hydrogen (secondary N) is 2. The second kappa shape index (κ2) is 10.6. The van der Waals surface area contributed by atoms with E-state index in [1.807, 2.05) is 39.8 Å². The Hall–Kier alpha value is -2.30. The first-order chi connectivity index (χ1) is 12.4. The molecule has 1 fully saturated rings. The Balaban J connectivity index is 0.00000163. The number of carbonyl (C=O) groups excluding carboxylic acids is 1. The van der Waals surface area contributed by atoms with Gasteiger partial charge in [-0.2, -0.15) is 0 Å². The van der Waals surface area contributed by atoms with Crippen LogP contribution in [0.15, 0.2) is 23.9 Å². The average molecular weight is 360 g/mol. The van der Waals surface area contributed by atoms with Gasteiger partial charge < -0.3 is 20.4 Å². The summed E-state index contributed by atoms with van der Waals surface area (Å²) < 4.78 is 5.35. The van der Waals surface area contributed by atoms with E-state index in [1.54, 1.807) is 20.1 Å². The van der Waals surface area contributed by atoms with Crippen molar-refractivity contribution in [1.82, 2.24) is 10.2 Å². The molecule has 2 rings (SSSR count). The number of likely N-dealkylation sites (tertiary alicyclic amines) is 1. The molecule has 5 nitrogen and oxygen atoms in total. The zero-order valence-corrected chi connectivity index (χ0v) is 17.0. The van der Waals surface area contributed by atoms with Crippen LogP contribution in [-0.4, -0.2) is 36.7 Å². The SMILES string of the molecule is CC.COc1ccc(C)c(CNC(=O)/C=C(\C(C)=N)N2CCCC2)c1C. The summed E-state index contributed by atoms with van der Waals surface area (Å²) >= 11 is 0. The van der Waals surface area contributed by atoms with Gasteiger partial charge >= 0.3 is 0 Å². The molecule has 26 heavy (non-hydrogen) atoms. The van der Waals surface area contributed by atoms with Gasteiger partial charge in [-0.15, -0.1) is 0 Å². The molecule has 0 atom stereocenters. The van der Waals surface area contributed by atoms with Crippen molar-refractivity contribution in [2.24, 2.45) is 0 Å². The summed E-state index contributed by atoms with van der Waals surface area (Å²) in [4.78, 5) is 14.4. The number of benzene rings is 1. The first kappa shape index (κ1) is 21.7. The Kier molecular flexibility index (Phi) is 8.90. The van der Waals surface area contributed by atoms with E-state index in [9.17, 15) is 4.79 Å². The lowest BCUT2D eigenvalue weighted by molar-refractivity contribution is -0.116. The molecule has 1 amide bonds. The van der Waals surface area contributed by atoms with E-state index < -0.39 is 0 Å². The van der Waals surface area contributed by atoms with E-state index >= 15 is 0 Å². The molecule has 1 saturated heterocycles. The van der Waals surface area contributed by atoms with Gasteiger partial charge in [-0.05, 0) is 56.4 Å². The quantitative estimate of drug-likeness (QED) is 0.596. The highest BCUT2D eigenvalue weighted by Crippen LogP contribution is 2.24. The third kappa shape index (κ3) is 5.61. The van der Waals surface area contributed by atoms with Crippen LogP contribution in [0.1, 0.15) is 50.3 Å². The molecule has 0 radical (unpaired) electrons. The molecule has 0 spiro atoms. The molecule has 1 aliphatic heterocycles. The number of rotatable bonds is 6. The van der Waals surface area contributed by atoms with Gasteiger partial charge in [0.1, 0.15) is 5.75 Å². The van der Waals surface area contributed by atoms with Crippen LogP contribution in [-0.2, 0) is 11.3 Å². The molecule has 0 saturated carbocycles. The predicted molar refractivity (Wildman–Crippen MR) is 108 cm³/mol. The van der Waals surface area contributed by atoms with Gasteiger partial charge in [-0.1, -0.05) is 19.9 Å². The van der Waals surface area contributed by atoms with Gasteiger partial charge in [0.05, 0.1) is 18.5 Å². The van der Waals surface area contributed by atoms with Crippen LogP contribution in [0.25, 0.3) is 0 Å². The monoisotopic (exact) mass is 359 g/mol. The Labute approximate surface area is 157 Å². The van der Waals surface area contributed by atoms with E-state index in [-0.39, 0.29) is 5.91 Å². The number of methoxy groups -OCH3 is 1. The number of aryl methyl sites for hydroxylation is 1. The van der Waals surface area contributed by atoms with Crippen LogP contribution in [0.4, 0.5) is 0 Å². The first-order valence-electron chi connectivity index (χ1n) is 9.37. The normalized spacial score (nSPS) is 13.8. The summed E-state index contributed by atoms with van der Waals surface area (Å²) in [5.74, 6) is 0.665. The minimum atomic E-state index is -0.162. The van der Waals surface area contributed by atoms with E-state index in [4.69, 9.17) is 10.1 Å². The molecule has 1 aromatic carbocycles. The maximum atomic E-state index is 12.3. The maximum Gasteiger partial charge on any atom is 0.246 e. The Bertz CT molecular complexity index is 659. The van der Waals surface area contributed by atoms with E-state index in [0.717, 1.165) is 54.1 Å². The number of nitrogens with zero attached hydrogens (tertiary/aromatic N) is 1. The number of hydrogen-bond acceptors (Lipinski definition) is 4. The minimum absolute atomic E-state index is 0.162. The van der Waals surface area contributed by atoms with Crippen molar-refractivity contribution in [2.75, 3.05) is 20.2 Å². The lowest BCUT2D eigenvalue weighted by atomic mass is 10.0. The minimum Gasteiger partial charge on any atom is -0.496 e. The summed E-state index contributed by atoms with van der Waals surface area (Å²) in [6.07, 6.45) is 3.79. The Morgan fingerprint density at radius 2 is 1.88 bits per heavy atom. The van der Waals surface area contributed by atoms with Gasteiger partial charge in [0, 0.05) is 25.7 Å². The van der Waals surface area contributed by atoms with Crippen molar-refractivity contribution in [2.45, 2.75) is 54.0 Å². The van der Waals surface area contributed by atoms with Gasteiger partial charge in [0.25, 0.3) is 0 Å². The molecule has 0 aliphatic carbocycles. The molecule has 5 heteroatoms. The topological polar surface area (TPSA) is 65.4 Å². The molecule has 0 bridgehead atoms. The first-order valence-corrected chi connectivity index (χ1v) is 9.37. The summed E-state index contributed by atoms with van der Waals surface area (Å²) in [5, 5.41) is 10.9. The second-order valence-electron chi connectivity index (χ2n) is 6.25. The summed E-state index contributed by atoms with van der Waals surface area (Å²) in [7, 11) is 1.65. The van der Waals surface area contributed by atoms with Crippen LogP contribution in [0.3, 0.4) is 0 Å². The van der Waals surface area contributed by atoms with Gasteiger partial charge in [-0.25, -0.2) is 0 Å². The smallest absolute Gasteiger partial charge is 0.246 e. The maximum absolute atomic E-state index is 12.3. The fourth-order valence-electron chi connectivity index (χ4n) is 3.11. The molecular weight excluding hydrogens is 326 g/mol. The summed E-state index contributed by atoms with van der Waals surface area (Å²) in [6.45, 7) is 12.1. The van der Waals surface area contributed by atoms with E-state index in [1.165, 1.54) is 0 Å². The average Bonchev–Trinajstić information content (AvgIpc) is 3.15. The lowest BCUT2D eigenvalue weighted by Crippen LogP contribution is -2.27. The molecule has 2 N–H and O–H groups in total. The lowest BCUT2D eigenvalue weighted by Gasteiger charge is -2.20. The number of carbonyl (C=O) groups is 1. The van der Waals surface area contributed by atoms with Gasteiger partial charge in [0.15, 0.2) is 0 Å². The largest absolute Gasteiger partial charge is 0.496 e. The van der Waals surface area contributed by atoms with Crippen LogP contribution in [0.2, 0.25) is 0 Å². The molecule has 0 unspecified atom stereocenters. The van der Waals surface area contributed by atoms with E-state index in [2.05, 4.69) is 10.2 Å². The molecule has 144 valence electrons. The fourth-order valence-corrected chi connectivity index (χ4v) is 3.11. The fraction of sp³-hybridized carbons (Fsp3) is 0.524. The van der Waals surface area contributed by atoms with Crippen molar-refractivity contribution in [1.29, 1.82) is 5.41 Å². The number of hydrogen-bond donors (Lipinski definition) is 2. The molecular formula is C21H33N3O2. The summed E-state index contributed by atoms with van der Waals surface area (Å²) in [5.41, 5.74) is 4.40. The second-order valence-corrected chi connectivity index (χ2v) is 6.25. The van der Waals surface area contributed by atoms with Crippen molar-refractivity contribution in [3.63, 3.8) is 0 Å². The number of allylic oxidation sites excluding steroid dienone is 1.